The Morgan fingerprint density at radius 3 is 2.54 bits per heavy atom. The van der Waals surface area contributed by atoms with Crippen LogP contribution >= 0.6 is 11.8 Å². The molecule has 1 fully saturated rings. The highest BCUT2D eigenvalue weighted by molar-refractivity contribution is 8.19. The molecule has 2 aromatic carbocycles. The molecule has 0 radical (unpaired) electrons. The first-order chi connectivity index (χ1) is 12.4. The third-order valence-corrected chi connectivity index (χ3v) is 4.46. The minimum atomic E-state index is -1.08. The highest BCUT2D eigenvalue weighted by Gasteiger charge is 2.33. The number of amides is 1. The summed E-state index contributed by atoms with van der Waals surface area (Å²) in [5.41, 5.74) is 0.837. The molecule has 0 unspecified atom stereocenters. The number of carboxylic acids is 1. The van der Waals surface area contributed by atoms with Crippen molar-refractivity contribution < 1.29 is 19.6 Å². The van der Waals surface area contributed by atoms with Crippen molar-refractivity contribution in [2.45, 2.75) is 0 Å². The number of rotatable bonds is 4. The molecule has 0 spiro atoms. The summed E-state index contributed by atoms with van der Waals surface area (Å²) in [6, 6.07) is 11.4. The van der Waals surface area contributed by atoms with E-state index in [0.29, 0.717) is 11.3 Å². The number of nitrogens with one attached hydrogen (secondary N) is 1. The summed E-state index contributed by atoms with van der Waals surface area (Å²) < 4.78 is 0. The molecule has 1 aliphatic rings. The smallest absolute Gasteiger partial charge is 0.335 e. The fraction of sp³-hybridized carbons (Fsp3) is 0. The molecule has 1 aliphatic heterocycles. The fourth-order valence-electron chi connectivity index (χ4n) is 2.35. The van der Waals surface area contributed by atoms with Crippen LogP contribution in [0.5, 0.6) is 0 Å². The first-order valence-corrected chi connectivity index (χ1v) is 8.09. The van der Waals surface area contributed by atoms with Crippen molar-refractivity contribution in [1.82, 2.24) is 0 Å². The quantitative estimate of drug-likeness (QED) is 0.484. The number of thioether (sulfide) groups is 1. The van der Waals surface area contributed by atoms with Crippen LogP contribution < -0.4 is 4.90 Å². The van der Waals surface area contributed by atoms with Gasteiger partial charge in [-0.2, -0.15) is 0 Å². The highest BCUT2D eigenvalue weighted by atomic mass is 32.2. The molecule has 1 amide bonds. The van der Waals surface area contributed by atoms with E-state index < -0.39 is 16.8 Å². The third-order valence-electron chi connectivity index (χ3n) is 3.57. The number of carboxylic acid groups (broad SMARTS) is 1. The fourth-order valence-corrected chi connectivity index (χ4v) is 3.22. The molecular formula is C17H11N3O5S. The molecule has 3 rings (SSSR count). The van der Waals surface area contributed by atoms with Gasteiger partial charge in [-0.05, 0) is 47.7 Å². The molecular weight excluding hydrogens is 358 g/mol. The van der Waals surface area contributed by atoms with Gasteiger partial charge in [0.1, 0.15) is 0 Å². The lowest BCUT2D eigenvalue weighted by Crippen LogP contribution is -2.28. The van der Waals surface area contributed by atoms with Gasteiger partial charge in [0.05, 0.1) is 21.1 Å². The van der Waals surface area contributed by atoms with Crippen LogP contribution in [0.2, 0.25) is 0 Å². The second kappa shape index (κ2) is 6.81. The molecule has 0 bridgehead atoms. The average Bonchev–Trinajstić information content (AvgIpc) is 2.89. The van der Waals surface area contributed by atoms with E-state index in [2.05, 4.69) is 0 Å². The molecule has 9 heteroatoms. The van der Waals surface area contributed by atoms with Gasteiger partial charge in [-0.3, -0.25) is 25.2 Å². The van der Waals surface area contributed by atoms with Crippen LogP contribution in [0.3, 0.4) is 0 Å². The standard InChI is InChI=1S/C17H11N3O5S/c18-17-19(12-6-4-11(5-7-12)16(22)23)15(21)14(26-17)9-10-2-1-3-13(8-10)20(24)25/h1-9,18H,(H,22,23)/b14-9-,18-17?. The Balaban J connectivity index is 1.90. The zero-order chi connectivity index (χ0) is 18.8. The van der Waals surface area contributed by atoms with Gasteiger partial charge in [0.25, 0.3) is 11.6 Å². The van der Waals surface area contributed by atoms with Crippen LogP contribution in [0.25, 0.3) is 6.08 Å². The minimum absolute atomic E-state index is 0.0326. The van der Waals surface area contributed by atoms with E-state index in [1.54, 1.807) is 6.07 Å². The van der Waals surface area contributed by atoms with Gasteiger partial charge in [0, 0.05) is 12.1 Å². The molecule has 0 aromatic heterocycles. The van der Waals surface area contributed by atoms with E-state index in [9.17, 15) is 19.7 Å². The predicted octanol–water partition coefficient (Wildman–Crippen LogP) is 3.35. The molecule has 2 N–H and O–H groups in total. The summed E-state index contributed by atoms with van der Waals surface area (Å²) >= 11 is 0.931. The van der Waals surface area contributed by atoms with Gasteiger partial charge in [-0.25, -0.2) is 4.79 Å². The van der Waals surface area contributed by atoms with Crippen LogP contribution in [0.4, 0.5) is 11.4 Å². The summed E-state index contributed by atoms with van der Waals surface area (Å²) in [5, 5.41) is 27.8. The van der Waals surface area contributed by atoms with E-state index in [4.69, 9.17) is 10.5 Å². The number of carbonyl (C=O) groups excluding carboxylic acids is 1. The lowest BCUT2D eigenvalue weighted by molar-refractivity contribution is -0.384. The van der Waals surface area contributed by atoms with E-state index in [1.165, 1.54) is 48.5 Å². The third kappa shape index (κ3) is 3.33. The molecule has 8 nitrogen and oxygen atoms in total. The monoisotopic (exact) mass is 369 g/mol. The van der Waals surface area contributed by atoms with E-state index in [0.717, 1.165) is 16.7 Å². The van der Waals surface area contributed by atoms with Crippen molar-refractivity contribution in [2.24, 2.45) is 0 Å². The Hall–Kier alpha value is -3.46. The number of nitro benzene ring substituents is 1. The van der Waals surface area contributed by atoms with Crippen molar-refractivity contribution in [3.63, 3.8) is 0 Å². The zero-order valence-corrected chi connectivity index (χ0v) is 13.9. The van der Waals surface area contributed by atoms with Crippen LogP contribution in [0.15, 0.2) is 53.4 Å². The Morgan fingerprint density at radius 2 is 1.92 bits per heavy atom. The Labute approximate surface area is 151 Å². The van der Waals surface area contributed by atoms with Crippen molar-refractivity contribution in [2.75, 3.05) is 4.90 Å². The molecule has 26 heavy (non-hydrogen) atoms. The van der Waals surface area contributed by atoms with Gasteiger partial charge in [-0.15, -0.1) is 0 Å². The molecule has 1 heterocycles. The Bertz CT molecular complexity index is 969. The largest absolute Gasteiger partial charge is 0.478 e. The molecule has 0 saturated carbocycles. The number of aromatic carboxylic acids is 1. The maximum absolute atomic E-state index is 12.6. The number of carbonyl (C=O) groups is 2. The highest BCUT2D eigenvalue weighted by Crippen LogP contribution is 2.35. The number of hydrogen-bond donors (Lipinski definition) is 2. The number of benzene rings is 2. The number of nitro groups is 1. The minimum Gasteiger partial charge on any atom is -0.478 e. The SMILES string of the molecule is N=C1S/C(=C\c2cccc([N+](=O)[O-])c2)C(=O)N1c1ccc(C(=O)O)cc1. The Kier molecular flexibility index (Phi) is 4.55. The average molecular weight is 369 g/mol. The van der Waals surface area contributed by atoms with Gasteiger partial charge < -0.3 is 5.11 Å². The molecule has 130 valence electrons. The lowest BCUT2D eigenvalue weighted by Gasteiger charge is -2.14. The first-order valence-electron chi connectivity index (χ1n) is 7.27. The lowest BCUT2D eigenvalue weighted by atomic mass is 10.1. The number of nitrogens with zero attached hydrogens (tertiary/aromatic N) is 2. The second-order valence-electron chi connectivity index (χ2n) is 5.26. The molecule has 0 atom stereocenters. The van der Waals surface area contributed by atoms with Gasteiger partial charge >= 0.3 is 5.97 Å². The molecule has 2 aromatic rings. The maximum atomic E-state index is 12.6. The number of anilines is 1. The summed E-state index contributed by atoms with van der Waals surface area (Å²) in [5.74, 6) is -1.53. The topological polar surface area (TPSA) is 125 Å². The summed E-state index contributed by atoms with van der Waals surface area (Å²) in [6.45, 7) is 0. The van der Waals surface area contributed by atoms with Gasteiger partial charge in [0.15, 0.2) is 5.17 Å². The number of amidine groups is 1. The summed E-state index contributed by atoms with van der Waals surface area (Å²) in [4.78, 5) is 35.2. The number of hydrogen-bond acceptors (Lipinski definition) is 6. The molecule has 1 saturated heterocycles. The van der Waals surface area contributed by atoms with Crippen LogP contribution in [-0.4, -0.2) is 27.1 Å². The summed E-state index contributed by atoms with van der Waals surface area (Å²) in [7, 11) is 0. The van der Waals surface area contributed by atoms with E-state index in [-0.39, 0.29) is 21.3 Å². The normalized spacial score (nSPS) is 15.5. The number of non-ortho nitro benzene ring substituents is 1. The maximum Gasteiger partial charge on any atom is 0.335 e. The second-order valence-corrected chi connectivity index (χ2v) is 6.29. The van der Waals surface area contributed by atoms with Crippen LogP contribution in [-0.2, 0) is 4.79 Å². The van der Waals surface area contributed by atoms with Crippen molar-refractivity contribution in [1.29, 1.82) is 5.41 Å². The molecule has 0 aliphatic carbocycles. The Morgan fingerprint density at radius 1 is 1.23 bits per heavy atom. The van der Waals surface area contributed by atoms with E-state index in [1.807, 2.05) is 0 Å². The van der Waals surface area contributed by atoms with Crippen molar-refractivity contribution in [3.8, 4) is 0 Å². The zero-order valence-electron chi connectivity index (χ0n) is 13.1. The van der Waals surface area contributed by atoms with Crippen molar-refractivity contribution >= 4 is 46.3 Å². The van der Waals surface area contributed by atoms with Crippen LogP contribution in [0, 0.1) is 15.5 Å². The van der Waals surface area contributed by atoms with Gasteiger partial charge in [0.2, 0.25) is 0 Å². The van der Waals surface area contributed by atoms with Gasteiger partial charge in [-0.1, -0.05) is 12.1 Å². The first kappa shape index (κ1) is 17.4. The summed E-state index contributed by atoms with van der Waals surface area (Å²) in [6.07, 6.45) is 1.49. The predicted molar refractivity (Wildman–Crippen MR) is 97.3 cm³/mol. The van der Waals surface area contributed by atoms with E-state index >= 15 is 0 Å². The van der Waals surface area contributed by atoms with Crippen molar-refractivity contribution in [3.05, 3.63) is 74.7 Å². The van der Waals surface area contributed by atoms with Crippen LogP contribution in [0.1, 0.15) is 15.9 Å².